The molecule has 0 bridgehead atoms. The summed E-state index contributed by atoms with van der Waals surface area (Å²) in [7, 11) is 0. The van der Waals surface area contributed by atoms with Crippen LogP contribution in [0.1, 0.15) is 5.56 Å². The Bertz CT molecular complexity index is 1040. The van der Waals surface area contributed by atoms with Crippen LogP contribution in [0, 0.1) is 0 Å². The van der Waals surface area contributed by atoms with E-state index in [1.807, 2.05) is 0 Å². The number of anilines is 1. The van der Waals surface area contributed by atoms with Crippen molar-refractivity contribution in [1.29, 1.82) is 0 Å². The van der Waals surface area contributed by atoms with Gasteiger partial charge >= 0.3 is 6.18 Å². The summed E-state index contributed by atoms with van der Waals surface area (Å²) in [5, 5.41) is 0.598. The van der Waals surface area contributed by atoms with Gasteiger partial charge < -0.3 is 15.2 Å². The molecule has 0 spiro atoms. The number of nitrogen functional groups attached to an aromatic ring is 1. The molecule has 2 N–H and O–H groups in total. The van der Waals surface area contributed by atoms with E-state index in [9.17, 15) is 13.2 Å². The fourth-order valence-electron chi connectivity index (χ4n) is 3.38. The Morgan fingerprint density at radius 2 is 1.80 bits per heavy atom. The molecule has 2 heterocycles. The van der Waals surface area contributed by atoms with Gasteiger partial charge in [0.15, 0.2) is 0 Å². The number of hydrogen-bond acceptors (Lipinski definition) is 6. The van der Waals surface area contributed by atoms with Crippen LogP contribution in [-0.4, -0.2) is 54.3 Å². The van der Waals surface area contributed by atoms with Crippen LogP contribution in [0.25, 0.3) is 22.0 Å². The molecule has 1 aliphatic heterocycles. The number of alkyl halides is 3. The second kappa shape index (κ2) is 8.45. The van der Waals surface area contributed by atoms with Gasteiger partial charge in [-0.25, -0.2) is 4.98 Å². The first-order valence-corrected chi connectivity index (χ1v) is 9.58. The molecule has 1 saturated heterocycles. The first-order chi connectivity index (χ1) is 14.4. The summed E-state index contributed by atoms with van der Waals surface area (Å²) in [6, 6.07) is 10.3. The molecule has 0 amide bonds. The Morgan fingerprint density at radius 1 is 1.03 bits per heavy atom. The summed E-state index contributed by atoms with van der Waals surface area (Å²) in [5.41, 5.74) is 6.73. The van der Waals surface area contributed by atoms with Crippen LogP contribution in [0.3, 0.4) is 0 Å². The quantitative estimate of drug-likeness (QED) is 0.683. The molecule has 6 nitrogen and oxygen atoms in total. The standard InChI is InChI=1S/C21H21F3N4O2/c22-21(23,24)16-3-1-2-14(12-16)15-4-5-18-17(13-15)19(27-20(25)26-18)30-11-8-28-6-9-29-10-7-28/h1-5,12-13H,6-11H2,(H2,25,26,27). The van der Waals surface area contributed by atoms with Crippen LogP contribution < -0.4 is 10.5 Å². The number of ether oxygens (including phenoxy) is 2. The third-order valence-electron chi connectivity index (χ3n) is 4.95. The summed E-state index contributed by atoms with van der Waals surface area (Å²) in [4.78, 5) is 10.6. The number of benzene rings is 2. The van der Waals surface area contributed by atoms with Gasteiger partial charge in [0.1, 0.15) is 6.61 Å². The van der Waals surface area contributed by atoms with Gasteiger partial charge in [0, 0.05) is 19.6 Å². The first kappa shape index (κ1) is 20.4. The number of aromatic nitrogens is 2. The monoisotopic (exact) mass is 418 g/mol. The number of morpholine rings is 1. The number of rotatable bonds is 5. The van der Waals surface area contributed by atoms with Crippen molar-refractivity contribution in [3.63, 3.8) is 0 Å². The number of hydrogen-bond donors (Lipinski definition) is 1. The zero-order valence-electron chi connectivity index (χ0n) is 16.2. The van der Waals surface area contributed by atoms with E-state index in [2.05, 4.69) is 14.9 Å². The maximum Gasteiger partial charge on any atom is 0.416 e. The van der Waals surface area contributed by atoms with Crippen LogP contribution in [0.2, 0.25) is 0 Å². The zero-order valence-corrected chi connectivity index (χ0v) is 16.2. The van der Waals surface area contributed by atoms with Crippen molar-refractivity contribution in [3.05, 3.63) is 48.0 Å². The highest BCUT2D eigenvalue weighted by molar-refractivity contribution is 5.89. The number of nitrogens with zero attached hydrogens (tertiary/aromatic N) is 3. The minimum absolute atomic E-state index is 0.0793. The Hall–Kier alpha value is -2.91. The molecule has 2 aromatic carbocycles. The van der Waals surface area contributed by atoms with Crippen molar-refractivity contribution in [3.8, 4) is 17.0 Å². The molecular weight excluding hydrogens is 397 g/mol. The van der Waals surface area contributed by atoms with Gasteiger partial charge in [-0.1, -0.05) is 18.2 Å². The van der Waals surface area contributed by atoms with Gasteiger partial charge in [-0.3, -0.25) is 4.90 Å². The molecule has 1 fully saturated rings. The fraction of sp³-hybridized carbons (Fsp3) is 0.333. The third-order valence-corrected chi connectivity index (χ3v) is 4.95. The average molecular weight is 418 g/mol. The predicted octanol–water partition coefficient (Wildman–Crippen LogP) is 3.61. The molecule has 1 aromatic heterocycles. The lowest BCUT2D eigenvalue weighted by atomic mass is 10.0. The molecule has 0 atom stereocenters. The molecule has 0 aliphatic carbocycles. The summed E-state index contributed by atoms with van der Waals surface area (Å²) in [6.07, 6.45) is -4.40. The lowest BCUT2D eigenvalue weighted by Crippen LogP contribution is -2.38. The van der Waals surface area contributed by atoms with Gasteiger partial charge in [-0.15, -0.1) is 0 Å². The van der Waals surface area contributed by atoms with E-state index in [0.717, 1.165) is 25.2 Å². The van der Waals surface area contributed by atoms with E-state index in [-0.39, 0.29) is 5.95 Å². The van der Waals surface area contributed by atoms with Crippen LogP contribution in [0.15, 0.2) is 42.5 Å². The molecule has 158 valence electrons. The number of halogens is 3. The maximum atomic E-state index is 13.1. The van der Waals surface area contributed by atoms with E-state index in [4.69, 9.17) is 15.2 Å². The summed E-state index contributed by atoms with van der Waals surface area (Å²) in [5.74, 6) is 0.398. The topological polar surface area (TPSA) is 73.5 Å². The summed E-state index contributed by atoms with van der Waals surface area (Å²) >= 11 is 0. The second-order valence-electron chi connectivity index (χ2n) is 7.00. The summed E-state index contributed by atoms with van der Waals surface area (Å²) in [6.45, 7) is 4.19. The molecule has 0 saturated carbocycles. The molecule has 30 heavy (non-hydrogen) atoms. The van der Waals surface area contributed by atoms with Gasteiger partial charge in [-0.05, 0) is 35.4 Å². The predicted molar refractivity (Wildman–Crippen MR) is 107 cm³/mol. The van der Waals surface area contributed by atoms with Crippen molar-refractivity contribution in [1.82, 2.24) is 14.9 Å². The zero-order chi connectivity index (χ0) is 21.1. The Morgan fingerprint density at radius 3 is 2.57 bits per heavy atom. The van der Waals surface area contributed by atoms with E-state index in [1.54, 1.807) is 24.3 Å². The highest BCUT2D eigenvalue weighted by Gasteiger charge is 2.30. The molecule has 0 unspecified atom stereocenters. The lowest BCUT2D eigenvalue weighted by molar-refractivity contribution is -0.137. The van der Waals surface area contributed by atoms with Crippen molar-refractivity contribution >= 4 is 16.9 Å². The Kier molecular flexibility index (Phi) is 5.74. The third kappa shape index (κ3) is 4.63. The highest BCUT2D eigenvalue weighted by atomic mass is 19.4. The maximum absolute atomic E-state index is 13.1. The van der Waals surface area contributed by atoms with Crippen molar-refractivity contribution in [2.75, 3.05) is 45.2 Å². The largest absolute Gasteiger partial charge is 0.476 e. The van der Waals surface area contributed by atoms with Crippen molar-refractivity contribution < 1.29 is 22.6 Å². The smallest absolute Gasteiger partial charge is 0.416 e. The summed E-state index contributed by atoms with van der Waals surface area (Å²) < 4.78 is 50.4. The van der Waals surface area contributed by atoms with Gasteiger partial charge in [-0.2, -0.15) is 18.2 Å². The molecule has 4 rings (SSSR count). The van der Waals surface area contributed by atoms with E-state index < -0.39 is 11.7 Å². The lowest BCUT2D eigenvalue weighted by Gasteiger charge is -2.26. The molecular formula is C21H21F3N4O2. The van der Waals surface area contributed by atoms with Crippen LogP contribution in [-0.2, 0) is 10.9 Å². The Labute approximate surface area is 171 Å². The first-order valence-electron chi connectivity index (χ1n) is 9.58. The molecule has 9 heteroatoms. The molecule has 3 aromatic rings. The fourth-order valence-corrected chi connectivity index (χ4v) is 3.38. The van der Waals surface area contributed by atoms with Gasteiger partial charge in [0.25, 0.3) is 0 Å². The highest BCUT2D eigenvalue weighted by Crippen LogP contribution is 2.34. The van der Waals surface area contributed by atoms with Gasteiger partial charge in [0.05, 0.1) is 29.7 Å². The van der Waals surface area contributed by atoms with Crippen molar-refractivity contribution in [2.45, 2.75) is 6.18 Å². The molecule has 1 aliphatic rings. The number of nitrogens with two attached hydrogens (primary N) is 1. The van der Waals surface area contributed by atoms with Crippen molar-refractivity contribution in [2.24, 2.45) is 0 Å². The number of fused-ring (bicyclic) bond motifs is 1. The SMILES string of the molecule is Nc1nc(OCCN2CCOCC2)c2cc(-c3cccc(C(F)(F)F)c3)ccc2n1. The van der Waals surface area contributed by atoms with Gasteiger partial charge in [0.2, 0.25) is 11.8 Å². The Balaban J connectivity index is 1.61. The molecule has 0 radical (unpaired) electrons. The second-order valence-corrected chi connectivity index (χ2v) is 7.00. The van der Waals surface area contributed by atoms with E-state index in [0.29, 0.717) is 54.3 Å². The average Bonchev–Trinajstić information content (AvgIpc) is 2.73. The van der Waals surface area contributed by atoms with Crippen LogP contribution in [0.5, 0.6) is 5.88 Å². The van der Waals surface area contributed by atoms with Crippen LogP contribution in [0.4, 0.5) is 19.1 Å². The minimum atomic E-state index is -4.40. The normalized spacial score (nSPS) is 15.4. The van der Waals surface area contributed by atoms with E-state index in [1.165, 1.54) is 6.07 Å². The minimum Gasteiger partial charge on any atom is -0.476 e. The van der Waals surface area contributed by atoms with Crippen LogP contribution >= 0.6 is 0 Å². The van der Waals surface area contributed by atoms with E-state index >= 15 is 0 Å².